The fourth-order valence-corrected chi connectivity index (χ4v) is 9.35. The lowest BCUT2D eigenvalue weighted by molar-refractivity contribution is -0.117. The molecule has 0 atom stereocenters. The van der Waals surface area contributed by atoms with Crippen molar-refractivity contribution in [3.63, 3.8) is 0 Å². The Balaban J connectivity index is 5.38. The second-order valence-electron chi connectivity index (χ2n) is 19.6. The Morgan fingerprint density at radius 3 is 0.581 bits per heavy atom. The SMILES string of the molecule is CCCCCCCCCCCCN(CCCCCCCCCCCC)CC/C(C(N)=O)=C(/CCN(CCCCCCCCCCCC)CCCCCCCCCCCC)C(N)=O. The van der Waals surface area contributed by atoms with E-state index >= 15 is 0 Å². The molecule has 368 valence electrons. The number of hydrogen-bond donors (Lipinski definition) is 2. The average molecular weight is 874 g/mol. The van der Waals surface area contributed by atoms with Crippen LogP contribution in [0.15, 0.2) is 11.1 Å². The van der Waals surface area contributed by atoms with Crippen LogP contribution in [0.5, 0.6) is 0 Å². The first-order valence-corrected chi connectivity index (χ1v) is 28.2. The molecule has 0 aliphatic carbocycles. The van der Waals surface area contributed by atoms with Crippen molar-refractivity contribution in [1.82, 2.24) is 9.80 Å². The van der Waals surface area contributed by atoms with Gasteiger partial charge in [0.15, 0.2) is 0 Å². The molecule has 4 N–H and O–H groups in total. The molecule has 0 saturated carbocycles. The zero-order valence-electron chi connectivity index (χ0n) is 42.8. The fourth-order valence-electron chi connectivity index (χ4n) is 9.35. The van der Waals surface area contributed by atoms with Crippen molar-refractivity contribution in [3.8, 4) is 0 Å². The second-order valence-corrected chi connectivity index (χ2v) is 19.6. The number of hydrogen-bond acceptors (Lipinski definition) is 4. The van der Waals surface area contributed by atoms with E-state index in [4.69, 9.17) is 11.5 Å². The van der Waals surface area contributed by atoms with Crippen molar-refractivity contribution in [2.45, 2.75) is 297 Å². The molecule has 0 aromatic carbocycles. The van der Waals surface area contributed by atoms with Gasteiger partial charge in [-0.2, -0.15) is 0 Å². The highest BCUT2D eigenvalue weighted by Gasteiger charge is 2.20. The summed E-state index contributed by atoms with van der Waals surface area (Å²) in [4.78, 5) is 31.2. The molecule has 0 fully saturated rings. The Morgan fingerprint density at radius 1 is 0.258 bits per heavy atom. The van der Waals surface area contributed by atoms with Crippen LogP contribution >= 0.6 is 0 Å². The summed E-state index contributed by atoms with van der Waals surface area (Å²) in [5, 5.41) is 0. The van der Waals surface area contributed by atoms with Crippen molar-refractivity contribution < 1.29 is 9.59 Å². The lowest BCUT2D eigenvalue weighted by Crippen LogP contribution is -2.32. The summed E-state index contributed by atoms with van der Waals surface area (Å²) in [6.45, 7) is 14.9. The Hall–Kier alpha value is -1.40. The number of unbranched alkanes of at least 4 members (excludes halogenated alkanes) is 36. The Bertz CT molecular complexity index is 859. The Labute approximate surface area is 389 Å². The van der Waals surface area contributed by atoms with E-state index in [1.54, 1.807) is 0 Å². The van der Waals surface area contributed by atoms with Gasteiger partial charge in [0.1, 0.15) is 0 Å². The standard InChI is InChI=1S/C56H112N4O2/c1-5-9-13-17-21-25-29-33-37-41-47-59(48-42-38-34-30-26-22-18-14-10-6-2)51-45-53(55(57)61)54(56(58)62)46-52-60(49-43-39-35-31-27-23-19-15-11-7-3)50-44-40-36-32-28-24-20-16-12-8-4/h5-52H2,1-4H3,(H2,57,61)(H2,58,62)/b54-53+. The molecule has 0 aliphatic rings. The summed E-state index contributed by atoms with van der Waals surface area (Å²) in [6, 6.07) is 0. The number of rotatable bonds is 52. The van der Waals surface area contributed by atoms with Crippen LogP contribution in [-0.4, -0.2) is 60.9 Å². The first-order chi connectivity index (χ1) is 30.4. The number of amides is 2. The van der Waals surface area contributed by atoms with E-state index in [0.29, 0.717) is 24.0 Å². The topological polar surface area (TPSA) is 92.7 Å². The Kier molecular flexibility index (Phi) is 47.9. The van der Waals surface area contributed by atoms with Crippen LogP contribution in [0.3, 0.4) is 0 Å². The maximum absolute atomic E-state index is 13.1. The maximum atomic E-state index is 13.1. The van der Waals surface area contributed by atoms with Crippen LogP contribution in [-0.2, 0) is 9.59 Å². The van der Waals surface area contributed by atoms with Gasteiger partial charge in [-0.25, -0.2) is 0 Å². The molecule has 0 bridgehead atoms. The monoisotopic (exact) mass is 873 g/mol. The molecule has 0 aromatic heterocycles. The number of carbonyl (C=O) groups excluding carboxylic acids is 2. The van der Waals surface area contributed by atoms with Crippen LogP contribution in [0.2, 0.25) is 0 Å². The summed E-state index contributed by atoms with van der Waals surface area (Å²) in [5.74, 6) is -0.930. The van der Waals surface area contributed by atoms with Crippen LogP contribution in [0, 0.1) is 0 Å². The molecular formula is C56H112N4O2. The van der Waals surface area contributed by atoms with Gasteiger partial charge < -0.3 is 21.3 Å². The normalized spacial score (nSPS) is 12.2. The Morgan fingerprint density at radius 2 is 0.419 bits per heavy atom. The van der Waals surface area contributed by atoms with Crippen molar-refractivity contribution >= 4 is 11.8 Å². The number of primary amides is 2. The van der Waals surface area contributed by atoms with E-state index in [-0.39, 0.29) is 0 Å². The molecule has 2 amide bonds. The van der Waals surface area contributed by atoms with Crippen LogP contribution < -0.4 is 11.5 Å². The third-order valence-corrected chi connectivity index (χ3v) is 13.6. The van der Waals surface area contributed by atoms with Crippen molar-refractivity contribution in [1.29, 1.82) is 0 Å². The van der Waals surface area contributed by atoms with E-state index < -0.39 is 11.8 Å². The number of nitrogens with zero attached hydrogens (tertiary/aromatic N) is 2. The summed E-state index contributed by atoms with van der Waals surface area (Å²) in [6.07, 6.45) is 54.3. The molecule has 0 saturated heterocycles. The van der Waals surface area contributed by atoms with Crippen molar-refractivity contribution in [2.75, 3.05) is 39.3 Å². The predicted octanol–water partition coefficient (Wildman–Crippen LogP) is 16.3. The molecule has 0 radical (unpaired) electrons. The summed E-state index contributed by atoms with van der Waals surface area (Å²) in [5.41, 5.74) is 13.1. The molecular weight excluding hydrogens is 761 g/mol. The highest BCUT2D eigenvalue weighted by Crippen LogP contribution is 2.19. The van der Waals surface area contributed by atoms with Gasteiger partial charge in [0.2, 0.25) is 11.8 Å². The third kappa shape index (κ3) is 41.3. The fraction of sp³-hybridized carbons (Fsp3) is 0.929. The third-order valence-electron chi connectivity index (χ3n) is 13.6. The zero-order chi connectivity index (χ0) is 45.4. The molecule has 62 heavy (non-hydrogen) atoms. The quantitative estimate of drug-likeness (QED) is 0.0470. The molecule has 0 unspecified atom stereocenters. The van der Waals surface area contributed by atoms with Gasteiger partial charge in [0.25, 0.3) is 0 Å². The molecule has 0 aliphatic heterocycles. The average Bonchev–Trinajstić information content (AvgIpc) is 3.26. The summed E-state index contributed by atoms with van der Waals surface area (Å²) >= 11 is 0. The van der Waals surface area contributed by atoms with Gasteiger partial charge in [-0.15, -0.1) is 0 Å². The van der Waals surface area contributed by atoms with E-state index in [1.807, 2.05) is 0 Å². The van der Waals surface area contributed by atoms with E-state index in [0.717, 1.165) is 39.3 Å². The lowest BCUT2D eigenvalue weighted by atomic mass is 9.99. The summed E-state index contributed by atoms with van der Waals surface area (Å²) < 4.78 is 0. The van der Waals surface area contributed by atoms with Crippen LogP contribution in [0.4, 0.5) is 0 Å². The largest absolute Gasteiger partial charge is 0.366 e. The molecule has 0 heterocycles. The summed E-state index contributed by atoms with van der Waals surface area (Å²) in [7, 11) is 0. The lowest BCUT2D eigenvalue weighted by Gasteiger charge is -2.25. The van der Waals surface area contributed by atoms with Crippen molar-refractivity contribution in [2.24, 2.45) is 11.5 Å². The maximum Gasteiger partial charge on any atom is 0.245 e. The van der Waals surface area contributed by atoms with Gasteiger partial charge in [0.05, 0.1) is 0 Å². The van der Waals surface area contributed by atoms with Crippen molar-refractivity contribution in [3.05, 3.63) is 11.1 Å². The van der Waals surface area contributed by atoms with Gasteiger partial charge in [0, 0.05) is 24.2 Å². The van der Waals surface area contributed by atoms with E-state index in [9.17, 15) is 9.59 Å². The second kappa shape index (κ2) is 49.0. The molecule has 0 spiro atoms. The number of nitrogens with two attached hydrogens (primary N) is 2. The zero-order valence-corrected chi connectivity index (χ0v) is 42.8. The first kappa shape index (κ1) is 60.6. The minimum atomic E-state index is -0.465. The predicted molar refractivity (Wildman–Crippen MR) is 275 cm³/mol. The van der Waals surface area contributed by atoms with Gasteiger partial charge in [-0.05, 0) is 64.7 Å². The van der Waals surface area contributed by atoms with E-state index in [1.165, 1.54) is 257 Å². The minimum Gasteiger partial charge on any atom is -0.366 e. The first-order valence-electron chi connectivity index (χ1n) is 28.2. The smallest absolute Gasteiger partial charge is 0.245 e. The highest BCUT2D eigenvalue weighted by atomic mass is 16.2. The van der Waals surface area contributed by atoms with Crippen LogP contribution in [0.25, 0.3) is 0 Å². The van der Waals surface area contributed by atoms with Crippen LogP contribution in [0.1, 0.15) is 297 Å². The van der Waals surface area contributed by atoms with Gasteiger partial charge >= 0.3 is 0 Å². The molecule has 0 aromatic rings. The highest BCUT2D eigenvalue weighted by molar-refractivity contribution is 6.03. The van der Waals surface area contributed by atoms with Gasteiger partial charge in [-0.1, -0.05) is 259 Å². The molecule has 6 nitrogen and oxygen atoms in total. The molecule has 6 heteroatoms. The number of carbonyl (C=O) groups is 2. The molecule has 0 rings (SSSR count). The minimum absolute atomic E-state index is 0.465. The van der Waals surface area contributed by atoms with E-state index in [2.05, 4.69) is 37.5 Å². The van der Waals surface area contributed by atoms with Gasteiger partial charge in [-0.3, -0.25) is 9.59 Å².